The minimum Gasteiger partial charge on any atom is -0.343 e. The van der Waals surface area contributed by atoms with Crippen LogP contribution in [0.2, 0.25) is 0 Å². The molecule has 0 unspecified atom stereocenters. The van der Waals surface area contributed by atoms with E-state index in [-0.39, 0.29) is 24.3 Å². The van der Waals surface area contributed by atoms with Crippen molar-refractivity contribution in [1.29, 1.82) is 0 Å². The van der Waals surface area contributed by atoms with Gasteiger partial charge in [0.05, 0.1) is 44.1 Å². The number of hydrogen-bond acceptors (Lipinski definition) is 9. The summed E-state index contributed by atoms with van der Waals surface area (Å²) in [7, 11) is -8.38. The van der Waals surface area contributed by atoms with Crippen LogP contribution in [0.1, 0.15) is 88.5 Å². The molecule has 6 heterocycles. The van der Waals surface area contributed by atoms with E-state index in [2.05, 4.69) is 115 Å². The number of anilines is 1. The second-order valence-corrected chi connectivity index (χ2v) is 22.4. The number of fused-ring (bicyclic) bond motifs is 6. The van der Waals surface area contributed by atoms with Gasteiger partial charge in [-0.15, -0.1) is 22.7 Å². The molecule has 2 aliphatic heterocycles. The fraction of sp³-hybridized carbons (Fsp3) is 0.367. The maximum absolute atomic E-state index is 12.1. The van der Waals surface area contributed by atoms with Gasteiger partial charge in [-0.2, -0.15) is 21.4 Å². The van der Waals surface area contributed by atoms with E-state index in [1.165, 1.54) is 0 Å². The normalized spacial score (nSPS) is 19.7. The molecule has 2 atom stereocenters. The fourth-order valence-electron chi connectivity index (χ4n) is 9.93. The third-order valence-corrected chi connectivity index (χ3v) is 16.3. The lowest BCUT2D eigenvalue weighted by molar-refractivity contribution is -0.435. The molecule has 2 aliphatic rings. The van der Waals surface area contributed by atoms with Crippen molar-refractivity contribution in [2.24, 2.45) is 0 Å². The highest BCUT2D eigenvalue weighted by Crippen LogP contribution is 2.56. The predicted octanol–water partition coefficient (Wildman–Crippen LogP) is 11.6. The van der Waals surface area contributed by atoms with Gasteiger partial charge in [-0.25, -0.2) is 0 Å². The molecule has 0 amide bonds. The number of nitrogens with zero attached hydrogens (tertiary/aromatic N) is 4. The third kappa shape index (κ3) is 8.58. The zero-order valence-electron chi connectivity index (χ0n) is 36.7. The molecule has 4 aromatic heterocycles. The van der Waals surface area contributed by atoms with Crippen LogP contribution in [0.25, 0.3) is 42.7 Å². The van der Waals surface area contributed by atoms with Crippen LogP contribution in [-0.4, -0.2) is 70.8 Å². The van der Waals surface area contributed by atoms with Crippen molar-refractivity contribution in [1.82, 2.24) is 9.97 Å². The number of hydrogen-bond donors (Lipinski definition) is 2. The second-order valence-electron chi connectivity index (χ2n) is 17.5. The Morgan fingerprint density at radius 1 is 0.746 bits per heavy atom. The zero-order valence-corrected chi connectivity index (χ0v) is 39.9. The van der Waals surface area contributed by atoms with E-state index < -0.39 is 31.1 Å². The summed E-state index contributed by atoms with van der Waals surface area (Å²) in [6, 6.07) is 17.1. The fourth-order valence-corrected chi connectivity index (χ4v) is 12.8. The first-order valence-corrected chi connectivity index (χ1v) is 26.6. The molecule has 0 bridgehead atoms. The highest BCUT2D eigenvalue weighted by Gasteiger charge is 2.49. The average molecular weight is 924 g/mol. The Labute approximate surface area is 379 Å². The van der Waals surface area contributed by atoms with Crippen LogP contribution in [0.15, 0.2) is 95.6 Å². The van der Waals surface area contributed by atoms with Gasteiger partial charge in [-0.3, -0.25) is 19.1 Å². The number of aromatic nitrogens is 2. The van der Waals surface area contributed by atoms with E-state index in [1.54, 1.807) is 22.7 Å². The van der Waals surface area contributed by atoms with Gasteiger partial charge >= 0.3 is 0 Å². The molecule has 0 spiro atoms. The molecule has 2 N–H and O–H groups in total. The molecular weight excluding hydrogens is 869 g/mol. The smallest absolute Gasteiger partial charge is 0.265 e. The molecule has 2 aromatic carbocycles. The van der Waals surface area contributed by atoms with Gasteiger partial charge < -0.3 is 4.90 Å². The van der Waals surface area contributed by atoms with Crippen molar-refractivity contribution in [3.63, 3.8) is 0 Å². The Bertz CT molecular complexity index is 3040. The summed E-state index contributed by atoms with van der Waals surface area (Å²) >= 11 is 3.35. The summed E-state index contributed by atoms with van der Waals surface area (Å²) in [5.74, 6) is -0.699. The standard InChI is InChI=1S/C49H54N4O6S4/c1-7-20-48(5)38-28-36(40-16-14-32(3)30-50-40)47-35(19-25-61-47)45(38)53(23-11-27-63(57,58)59)42(48)12-9-13-43-49(6,21-10-26-62(54,55)56)39-29-37(41-17-15-33(4)31-51-41)46-34(18-24-60-46)44(39)52(43)22-8-2/h9,12-19,24-25,28-31H,7-8,10-11,20-23,26-27H2,1-6H3,(H-,54,55,56,57,58,59)/p+1/t48-,49+/m0/s1. The van der Waals surface area contributed by atoms with Crippen molar-refractivity contribution in [3.8, 4) is 22.5 Å². The molecule has 0 aliphatic carbocycles. The molecule has 6 aromatic rings. The van der Waals surface area contributed by atoms with Crippen molar-refractivity contribution < 1.29 is 30.5 Å². The number of thiophene rings is 2. The van der Waals surface area contributed by atoms with Gasteiger partial charge in [-0.05, 0) is 123 Å². The number of rotatable bonds is 16. The van der Waals surface area contributed by atoms with E-state index in [4.69, 9.17) is 9.97 Å². The number of aryl methyl sites for hydroxylation is 2. The molecular formula is C49H55N4O6S4+. The minimum absolute atomic E-state index is 0.228. The van der Waals surface area contributed by atoms with Gasteiger partial charge in [0, 0.05) is 69.3 Å². The van der Waals surface area contributed by atoms with Crippen LogP contribution in [0.3, 0.4) is 0 Å². The van der Waals surface area contributed by atoms with E-state index >= 15 is 0 Å². The monoisotopic (exact) mass is 923 g/mol. The summed E-state index contributed by atoms with van der Waals surface area (Å²) in [6.45, 7) is 14.0. The maximum atomic E-state index is 12.1. The van der Waals surface area contributed by atoms with Gasteiger partial charge in [0.2, 0.25) is 5.69 Å². The Hall–Kier alpha value is -4.57. The molecule has 0 fully saturated rings. The molecule has 14 heteroatoms. The van der Waals surface area contributed by atoms with Crippen LogP contribution in [-0.2, 0) is 31.1 Å². The molecule has 0 radical (unpaired) electrons. The van der Waals surface area contributed by atoms with Crippen molar-refractivity contribution in [2.45, 2.75) is 90.9 Å². The lowest BCUT2D eigenvalue weighted by atomic mass is 9.74. The van der Waals surface area contributed by atoms with Crippen LogP contribution in [0.5, 0.6) is 0 Å². The minimum atomic E-state index is -4.19. The second kappa shape index (κ2) is 17.4. The molecule has 10 nitrogen and oxygen atoms in total. The Kier molecular flexibility index (Phi) is 12.5. The SMILES string of the molecule is CCCN1/C(=C/C=C/C2=[N+](CCCS(=O)(=O)O)c3c(cc(-c4ccc(C)cn4)c4sccc34)[C@]2(C)CCC)[C@](C)(CCCS(=O)(=O)O)c2cc(-c3ccc(C)cn3)c3sccc3c21. The van der Waals surface area contributed by atoms with Crippen LogP contribution in [0, 0.1) is 13.8 Å². The van der Waals surface area contributed by atoms with Crippen molar-refractivity contribution >= 4 is 80.2 Å². The lowest BCUT2D eigenvalue weighted by Gasteiger charge is -2.30. The van der Waals surface area contributed by atoms with Crippen molar-refractivity contribution in [3.05, 3.63) is 118 Å². The summed E-state index contributed by atoms with van der Waals surface area (Å²) in [5, 5.41) is 6.42. The quantitative estimate of drug-likeness (QED) is 0.0717. The molecule has 0 saturated carbocycles. The average Bonchev–Trinajstić information content (AvgIpc) is 4.00. The summed E-state index contributed by atoms with van der Waals surface area (Å²) in [5.41, 5.74) is 11.4. The Balaban J connectivity index is 1.32. The highest BCUT2D eigenvalue weighted by atomic mass is 32.2. The van der Waals surface area contributed by atoms with E-state index in [0.717, 1.165) is 114 Å². The summed E-state index contributed by atoms with van der Waals surface area (Å²) < 4.78 is 72.6. The third-order valence-electron chi connectivity index (χ3n) is 12.8. The first-order valence-electron chi connectivity index (χ1n) is 21.6. The van der Waals surface area contributed by atoms with E-state index in [9.17, 15) is 25.9 Å². The molecule has 330 valence electrons. The van der Waals surface area contributed by atoms with Gasteiger partial charge in [-0.1, -0.05) is 38.5 Å². The summed E-state index contributed by atoms with van der Waals surface area (Å²) in [4.78, 5) is 12.1. The molecule has 0 saturated heterocycles. The van der Waals surface area contributed by atoms with Crippen LogP contribution < -0.4 is 4.90 Å². The Morgan fingerprint density at radius 2 is 1.33 bits per heavy atom. The van der Waals surface area contributed by atoms with Gasteiger partial charge in [0.25, 0.3) is 20.2 Å². The van der Waals surface area contributed by atoms with Crippen molar-refractivity contribution in [2.75, 3.05) is 29.5 Å². The first-order chi connectivity index (χ1) is 30.0. The maximum Gasteiger partial charge on any atom is 0.265 e. The predicted molar refractivity (Wildman–Crippen MR) is 261 cm³/mol. The number of pyridine rings is 2. The topological polar surface area (TPSA) is 141 Å². The highest BCUT2D eigenvalue weighted by molar-refractivity contribution is 7.86. The van der Waals surface area contributed by atoms with Crippen LogP contribution in [0.4, 0.5) is 11.4 Å². The summed E-state index contributed by atoms with van der Waals surface area (Å²) in [6.07, 6.45) is 13.8. The van der Waals surface area contributed by atoms with Gasteiger partial charge in [0.15, 0.2) is 5.71 Å². The number of benzene rings is 2. The van der Waals surface area contributed by atoms with Gasteiger partial charge in [0.1, 0.15) is 6.54 Å². The van der Waals surface area contributed by atoms with E-state index in [0.29, 0.717) is 13.0 Å². The lowest BCUT2D eigenvalue weighted by Crippen LogP contribution is -2.32. The zero-order chi connectivity index (χ0) is 44.9. The van der Waals surface area contributed by atoms with E-state index in [1.807, 2.05) is 26.2 Å². The Morgan fingerprint density at radius 3 is 1.90 bits per heavy atom. The molecule has 8 rings (SSSR count). The molecule has 63 heavy (non-hydrogen) atoms. The largest absolute Gasteiger partial charge is 0.343 e. The number of allylic oxidation sites excluding steroid dienone is 4. The first kappa shape index (κ1) is 45.0. The van der Waals surface area contributed by atoms with Crippen LogP contribution >= 0.6 is 22.7 Å².